The Balaban J connectivity index is 1.00. The van der Waals surface area contributed by atoms with Crippen molar-refractivity contribution < 1.29 is 19.0 Å². The fourth-order valence-electron chi connectivity index (χ4n) is 6.22. The number of nitrogens with one attached hydrogen (secondary N) is 1. The number of nitrogens with zero attached hydrogens (tertiary/aromatic N) is 6. The smallest absolute Gasteiger partial charge is 0.355 e. The van der Waals surface area contributed by atoms with Gasteiger partial charge in [0.05, 0.1) is 22.9 Å². The molecule has 252 valence electrons. The summed E-state index contributed by atoms with van der Waals surface area (Å²) >= 11 is 2.89. The minimum atomic E-state index is -1.09. The summed E-state index contributed by atoms with van der Waals surface area (Å²) in [5.74, 6) is 6.24. The third-order valence-corrected chi connectivity index (χ3v) is 11.0. The van der Waals surface area contributed by atoms with Gasteiger partial charge in [0.15, 0.2) is 39.2 Å². The van der Waals surface area contributed by atoms with Crippen LogP contribution >= 0.6 is 22.7 Å². The number of rotatable bonds is 10. The zero-order valence-corrected chi connectivity index (χ0v) is 29.0. The second-order valence-corrected chi connectivity index (χ2v) is 14.3. The topological polar surface area (TPSA) is 117 Å². The monoisotopic (exact) mass is 697 g/mol. The van der Waals surface area contributed by atoms with Gasteiger partial charge in [-0.2, -0.15) is 0 Å². The molecular formula is C36H36FN7O3S2. The SMILES string of the molecule is Cc1c(Nc2nc3ccccc3s2)nnc2c1CCCN2c1nc(C(=O)O)c(CCCOc2ccc(C#CC(C)N3CCCC3)cc2F)s1. The lowest BCUT2D eigenvalue weighted by atomic mass is 10.0. The fourth-order valence-corrected chi connectivity index (χ4v) is 8.21. The Hall–Kier alpha value is -4.64. The maximum atomic E-state index is 14.8. The van der Waals surface area contributed by atoms with Crippen LogP contribution in [0.3, 0.4) is 0 Å². The maximum absolute atomic E-state index is 14.8. The summed E-state index contributed by atoms with van der Waals surface area (Å²) in [7, 11) is 0. The molecule has 1 unspecified atom stereocenters. The van der Waals surface area contributed by atoms with Crippen LogP contribution in [0.5, 0.6) is 5.75 Å². The Morgan fingerprint density at radius 2 is 1.94 bits per heavy atom. The molecule has 1 saturated heterocycles. The summed E-state index contributed by atoms with van der Waals surface area (Å²) in [5, 5.41) is 23.7. The van der Waals surface area contributed by atoms with Crippen LogP contribution in [-0.2, 0) is 12.8 Å². The van der Waals surface area contributed by atoms with Gasteiger partial charge >= 0.3 is 5.97 Å². The molecule has 2 aliphatic rings. The number of carboxylic acid groups (broad SMARTS) is 1. The summed E-state index contributed by atoms with van der Waals surface area (Å²) in [6.07, 6.45) is 5.00. The van der Waals surface area contributed by atoms with E-state index < -0.39 is 11.8 Å². The van der Waals surface area contributed by atoms with Gasteiger partial charge in [0.1, 0.15) is 0 Å². The molecule has 0 bridgehead atoms. The van der Waals surface area contributed by atoms with Crippen molar-refractivity contribution in [2.75, 3.05) is 36.5 Å². The molecule has 5 aromatic rings. The number of benzene rings is 2. The largest absolute Gasteiger partial charge is 0.491 e. The third kappa shape index (κ3) is 7.22. The summed E-state index contributed by atoms with van der Waals surface area (Å²) in [4.78, 5) is 26.3. The number of carbonyl (C=O) groups is 1. The number of aryl methyl sites for hydroxylation is 1. The number of aromatic carboxylic acids is 1. The second kappa shape index (κ2) is 14.5. The summed E-state index contributed by atoms with van der Waals surface area (Å²) < 4.78 is 21.7. The van der Waals surface area contributed by atoms with Crippen molar-refractivity contribution in [3.63, 3.8) is 0 Å². The number of hydrogen-bond donors (Lipinski definition) is 2. The molecule has 7 rings (SSSR count). The Morgan fingerprint density at radius 3 is 2.73 bits per heavy atom. The molecule has 0 radical (unpaired) electrons. The van der Waals surface area contributed by atoms with E-state index >= 15 is 0 Å². The molecule has 2 aliphatic heterocycles. The second-order valence-electron chi connectivity index (χ2n) is 12.2. The summed E-state index contributed by atoms with van der Waals surface area (Å²) in [6.45, 7) is 7.08. The predicted octanol–water partition coefficient (Wildman–Crippen LogP) is 7.36. The van der Waals surface area contributed by atoms with Crippen molar-refractivity contribution in [1.29, 1.82) is 0 Å². The maximum Gasteiger partial charge on any atom is 0.355 e. The van der Waals surface area contributed by atoms with Crippen LogP contribution in [0.15, 0.2) is 42.5 Å². The van der Waals surface area contributed by atoms with Gasteiger partial charge in [-0.3, -0.25) is 4.90 Å². The number of likely N-dealkylation sites (tertiary alicyclic amines) is 1. The molecule has 2 N–H and O–H groups in total. The molecule has 49 heavy (non-hydrogen) atoms. The van der Waals surface area contributed by atoms with Crippen molar-refractivity contribution >= 4 is 60.8 Å². The summed E-state index contributed by atoms with van der Waals surface area (Å²) in [5.41, 5.74) is 3.58. The molecule has 5 heterocycles. The number of carboxylic acids is 1. The van der Waals surface area contributed by atoms with E-state index in [-0.39, 0.29) is 24.1 Å². The Labute approximate surface area is 292 Å². The lowest BCUT2D eigenvalue weighted by Gasteiger charge is -2.28. The molecule has 2 aromatic carbocycles. The number of anilines is 4. The van der Waals surface area contributed by atoms with Gasteiger partial charge in [-0.15, -0.1) is 21.5 Å². The van der Waals surface area contributed by atoms with E-state index in [2.05, 4.69) is 49.1 Å². The van der Waals surface area contributed by atoms with E-state index in [1.54, 1.807) is 23.5 Å². The van der Waals surface area contributed by atoms with Crippen LogP contribution in [0.1, 0.15) is 64.7 Å². The van der Waals surface area contributed by atoms with E-state index in [9.17, 15) is 14.3 Å². The molecule has 1 atom stereocenters. The predicted molar refractivity (Wildman–Crippen MR) is 191 cm³/mol. The molecule has 10 nitrogen and oxygen atoms in total. The first-order chi connectivity index (χ1) is 23.8. The van der Waals surface area contributed by atoms with E-state index in [1.165, 1.54) is 30.2 Å². The highest BCUT2D eigenvalue weighted by Crippen LogP contribution is 2.39. The first-order valence-corrected chi connectivity index (χ1v) is 18.1. The van der Waals surface area contributed by atoms with Gasteiger partial charge < -0.3 is 20.1 Å². The van der Waals surface area contributed by atoms with Gasteiger partial charge in [0.2, 0.25) is 0 Å². The van der Waals surface area contributed by atoms with Gasteiger partial charge in [-0.25, -0.2) is 19.2 Å². The number of fused-ring (bicyclic) bond motifs is 2. The normalized spacial score (nSPS) is 15.1. The number of hydrogen-bond acceptors (Lipinski definition) is 11. The zero-order valence-electron chi connectivity index (χ0n) is 27.3. The highest BCUT2D eigenvalue weighted by Gasteiger charge is 2.28. The average Bonchev–Trinajstić information content (AvgIpc) is 3.88. The van der Waals surface area contributed by atoms with Crippen molar-refractivity contribution in [3.05, 3.63) is 75.5 Å². The fraction of sp³-hybridized carbons (Fsp3) is 0.361. The number of aromatic nitrogens is 4. The van der Waals surface area contributed by atoms with Crippen LogP contribution in [-0.4, -0.2) is 68.4 Å². The molecule has 0 saturated carbocycles. The number of para-hydroxylation sites is 1. The lowest BCUT2D eigenvalue weighted by molar-refractivity contribution is 0.0690. The van der Waals surface area contributed by atoms with Crippen LogP contribution in [0, 0.1) is 24.6 Å². The minimum absolute atomic E-state index is 0.0168. The average molecular weight is 698 g/mol. The van der Waals surface area contributed by atoms with Crippen molar-refractivity contribution in [2.24, 2.45) is 0 Å². The molecule has 0 spiro atoms. The van der Waals surface area contributed by atoms with Gasteiger partial charge in [-0.05, 0) is 95.8 Å². The van der Waals surface area contributed by atoms with Gasteiger partial charge in [0.25, 0.3) is 0 Å². The molecule has 3 aromatic heterocycles. The first-order valence-electron chi connectivity index (χ1n) is 16.5. The lowest BCUT2D eigenvalue weighted by Crippen LogP contribution is -2.28. The van der Waals surface area contributed by atoms with E-state index in [0.717, 1.165) is 52.4 Å². The number of halogens is 1. The molecule has 13 heteroatoms. The molecular weight excluding hydrogens is 662 g/mol. The van der Waals surface area contributed by atoms with Crippen LogP contribution in [0.2, 0.25) is 0 Å². The third-order valence-electron chi connectivity index (χ3n) is 8.88. The van der Waals surface area contributed by atoms with Crippen molar-refractivity contribution in [3.8, 4) is 17.6 Å². The zero-order chi connectivity index (χ0) is 33.9. The van der Waals surface area contributed by atoms with Crippen LogP contribution < -0.4 is 15.0 Å². The molecule has 0 amide bonds. The van der Waals surface area contributed by atoms with Crippen molar-refractivity contribution in [1.82, 2.24) is 25.1 Å². The summed E-state index contributed by atoms with van der Waals surface area (Å²) in [6, 6.07) is 12.9. The number of ether oxygens (including phenoxy) is 1. The molecule has 0 aliphatic carbocycles. The quantitative estimate of drug-likeness (QED) is 0.113. The first kappa shape index (κ1) is 32.9. The molecule has 1 fully saturated rings. The highest BCUT2D eigenvalue weighted by molar-refractivity contribution is 7.22. The Kier molecular flexibility index (Phi) is 9.70. The van der Waals surface area contributed by atoms with Crippen LogP contribution in [0.4, 0.5) is 26.3 Å². The van der Waals surface area contributed by atoms with E-state index in [0.29, 0.717) is 46.6 Å². The van der Waals surface area contributed by atoms with Crippen molar-refractivity contribution in [2.45, 2.75) is 58.4 Å². The highest BCUT2D eigenvalue weighted by atomic mass is 32.1. The van der Waals surface area contributed by atoms with E-state index in [4.69, 9.17) is 4.74 Å². The van der Waals surface area contributed by atoms with E-state index in [1.807, 2.05) is 36.1 Å². The minimum Gasteiger partial charge on any atom is -0.491 e. The van der Waals surface area contributed by atoms with Crippen LogP contribution in [0.25, 0.3) is 10.2 Å². The van der Waals surface area contributed by atoms with Gasteiger partial charge in [-0.1, -0.05) is 35.3 Å². The Bertz CT molecular complexity index is 2030. The standard InChI is InChI=1S/C36H36FN7O3S2/c1-22(43-17-5-6-18-43)13-14-24-15-16-28(26(37)21-24)47-20-8-12-30-31(34(45)46)39-36(49-30)44-19-7-9-25-23(2)32(41-42-33(25)44)40-35-38-27-10-3-4-11-29(27)48-35/h3-4,10-11,15-16,21-22H,5-9,12,17-20H2,1-2H3,(H,45,46)(H,38,40,41). The number of thiazole rings is 2. The van der Waals surface area contributed by atoms with Gasteiger partial charge in [0, 0.05) is 28.1 Å². The Morgan fingerprint density at radius 1 is 1.10 bits per heavy atom.